The Morgan fingerprint density at radius 3 is 2.56 bits per heavy atom. The van der Waals surface area contributed by atoms with Gasteiger partial charge in [-0.15, -0.1) is 11.8 Å². The Labute approximate surface area is 196 Å². The van der Waals surface area contributed by atoms with E-state index in [-0.39, 0.29) is 30.4 Å². The Morgan fingerprint density at radius 2 is 1.88 bits per heavy atom. The number of fused-ring (bicyclic) bond motifs is 1. The van der Waals surface area contributed by atoms with E-state index >= 15 is 0 Å². The molecule has 0 radical (unpaired) electrons. The number of carbonyl (C=O) groups excluding carboxylic acids is 3. The van der Waals surface area contributed by atoms with Gasteiger partial charge in [-0.2, -0.15) is 23.3 Å². The molecule has 3 fully saturated rings. The summed E-state index contributed by atoms with van der Waals surface area (Å²) in [5.74, 6) is -0.690. The fourth-order valence-corrected chi connectivity index (χ4v) is 5.97. The van der Waals surface area contributed by atoms with E-state index in [4.69, 9.17) is 5.26 Å². The SMILES string of the molecule is N#Cc1ccc(N2C(=O)C3CN4CC(C(=O)CSc5ccccc5)[N+]3(C4)C2=O)cc1C(F)(F)F. The first-order chi connectivity index (χ1) is 16.2. The van der Waals surface area contributed by atoms with Crippen molar-refractivity contribution in [2.45, 2.75) is 23.2 Å². The van der Waals surface area contributed by atoms with E-state index < -0.39 is 45.8 Å². The van der Waals surface area contributed by atoms with Gasteiger partial charge in [0.2, 0.25) is 5.78 Å². The predicted octanol–water partition coefficient (Wildman–Crippen LogP) is 3.25. The van der Waals surface area contributed by atoms with Crippen LogP contribution in [-0.2, 0) is 15.8 Å². The zero-order chi connectivity index (χ0) is 24.3. The third-order valence-corrected chi connectivity index (χ3v) is 7.68. The quantitative estimate of drug-likeness (QED) is 0.366. The molecular formula is C23H18F3N4O3S+. The molecule has 0 aliphatic carbocycles. The maximum absolute atomic E-state index is 13.6. The molecule has 3 saturated heterocycles. The molecule has 2 bridgehead atoms. The summed E-state index contributed by atoms with van der Waals surface area (Å²) in [6.45, 7) is 0.748. The maximum Gasteiger partial charge on any atom is 0.433 e. The Hall–Kier alpha value is -3.20. The number of anilines is 1. The number of piperazine rings is 1. The molecule has 1 spiro atoms. The van der Waals surface area contributed by atoms with Crippen LogP contribution in [0, 0.1) is 11.3 Å². The van der Waals surface area contributed by atoms with Crippen molar-refractivity contribution in [1.82, 2.24) is 4.90 Å². The van der Waals surface area contributed by atoms with Gasteiger partial charge in [0.1, 0.15) is 6.67 Å². The van der Waals surface area contributed by atoms with Gasteiger partial charge < -0.3 is 0 Å². The number of quaternary nitrogens is 1. The lowest BCUT2D eigenvalue weighted by molar-refractivity contribution is -0.852. The number of Topliss-reactive ketones (excluding diaryl/α,β-unsaturated/α-hetero) is 1. The minimum absolute atomic E-state index is 0.117. The van der Waals surface area contributed by atoms with Gasteiger partial charge in [0, 0.05) is 4.90 Å². The molecule has 7 nitrogen and oxygen atoms in total. The number of benzene rings is 2. The summed E-state index contributed by atoms with van der Waals surface area (Å²) in [7, 11) is 0. The number of carbonyl (C=O) groups is 3. The predicted molar refractivity (Wildman–Crippen MR) is 115 cm³/mol. The molecule has 0 N–H and O–H groups in total. The number of rotatable bonds is 5. The molecule has 3 amide bonds. The first kappa shape index (κ1) is 22.6. The molecule has 11 heteroatoms. The fraction of sp³-hybridized carbons (Fsp3) is 0.304. The van der Waals surface area contributed by atoms with Crippen LogP contribution in [0.3, 0.4) is 0 Å². The number of halogens is 3. The number of alkyl halides is 3. The first-order valence-corrected chi connectivity index (χ1v) is 11.5. The largest absolute Gasteiger partial charge is 0.433 e. The maximum atomic E-state index is 13.6. The monoisotopic (exact) mass is 487 g/mol. The van der Waals surface area contributed by atoms with Crippen LogP contribution in [0.25, 0.3) is 0 Å². The normalized spacial score (nSPS) is 27.7. The van der Waals surface area contributed by atoms with Gasteiger partial charge in [-0.3, -0.25) is 9.59 Å². The summed E-state index contributed by atoms with van der Waals surface area (Å²) in [6.07, 6.45) is -4.83. The fourth-order valence-electron chi connectivity index (χ4n) is 5.11. The molecule has 0 aromatic heterocycles. The second kappa shape index (κ2) is 7.94. The second-order valence-electron chi connectivity index (χ2n) is 8.50. The molecule has 3 aliphatic heterocycles. The highest BCUT2D eigenvalue weighted by molar-refractivity contribution is 8.00. The van der Waals surface area contributed by atoms with Gasteiger partial charge in [-0.1, -0.05) is 18.2 Å². The topological polar surface area (TPSA) is 81.5 Å². The number of ketones is 1. The zero-order valence-corrected chi connectivity index (χ0v) is 18.5. The van der Waals surface area contributed by atoms with Crippen molar-refractivity contribution in [2.24, 2.45) is 0 Å². The van der Waals surface area contributed by atoms with E-state index in [1.54, 1.807) is 0 Å². The van der Waals surface area contributed by atoms with Gasteiger partial charge in [-0.05, 0) is 30.3 Å². The highest BCUT2D eigenvalue weighted by atomic mass is 32.2. The van der Waals surface area contributed by atoms with E-state index in [9.17, 15) is 27.6 Å². The van der Waals surface area contributed by atoms with Crippen molar-refractivity contribution < 1.29 is 32.0 Å². The Balaban J connectivity index is 1.46. The third kappa shape index (κ3) is 3.33. The average molecular weight is 487 g/mol. The number of nitriles is 1. The third-order valence-electron chi connectivity index (χ3n) is 6.64. The van der Waals surface area contributed by atoms with Crippen molar-refractivity contribution in [3.63, 3.8) is 0 Å². The number of thioether (sulfide) groups is 1. The minimum Gasteiger partial charge on any atom is -0.292 e. The molecule has 0 saturated carbocycles. The lowest BCUT2D eigenvalue weighted by atomic mass is 10.1. The lowest BCUT2D eigenvalue weighted by Crippen LogP contribution is -2.62. The highest BCUT2D eigenvalue weighted by Crippen LogP contribution is 2.45. The van der Waals surface area contributed by atoms with Gasteiger partial charge in [-0.25, -0.2) is 14.2 Å². The standard InChI is InChI=1S/C23H18F3N4O3S/c24-23(25,26)17-8-15(7-6-14(17)9-27)29-21(32)19-11-28-10-18(30(19,13-28)22(29)33)20(31)12-34-16-4-2-1-3-5-16/h1-8,18-19H,10-13H2/q+1. The van der Waals surface area contributed by atoms with Crippen molar-refractivity contribution in [3.8, 4) is 6.07 Å². The number of hydrogen-bond acceptors (Lipinski definition) is 6. The molecule has 34 heavy (non-hydrogen) atoms. The van der Waals surface area contributed by atoms with Crippen molar-refractivity contribution >= 4 is 35.2 Å². The smallest absolute Gasteiger partial charge is 0.292 e. The zero-order valence-electron chi connectivity index (χ0n) is 17.7. The Morgan fingerprint density at radius 1 is 1.15 bits per heavy atom. The number of imide groups is 1. The Kier molecular flexibility index (Phi) is 5.27. The molecule has 2 aromatic carbocycles. The van der Waals surface area contributed by atoms with Crippen LogP contribution < -0.4 is 4.90 Å². The van der Waals surface area contributed by atoms with Crippen molar-refractivity contribution in [2.75, 3.05) is 30.4 Å². The summed E-state index contributed by atoms with van der Waals surface area (Å²) >= 11 is 1.34. The van der Waals surface area contributed by atoms with Gasteiger partial charge >= 0.3 is 12.2 Å². The molecular weight excluding hydrogens is 469 g/mol. The highest BCUT2D eigenvalue weighted by Gasteiger charge is 2.73. The number of nitrogens with zero attached hydrogens (tertiary/aromatic N) is 4. The van der Waals surface area contributed by atoms with Gasteiger partial charge in [0.15, 0.2) is 12.1 Å². The minimum atomic E-state index is -4.83. The molecule has 5 rings (SSSR count). The molecule has 4 unspecified atom stereocenters. The number of amides is 3. The van der Waals surface area contributed by atoms with Crippen molar-refractivity contribution in [3.05, 3.63) is 59.7 Å². The molecule has 3 aliphatic rings. The Bertz CT molecular complexity index is 1250. The van der Waals surface area contributed by atoms with Crippen LogP contribution in [0.15, 0.2) is 53.4 Å². The van der Waals surface area contributed by atoms with E-state index in [0.29, 0.717) is 12.6 Å². The van der Waals surface area contributed by atoms with E-state index in [2.05, 4.69) is 0 Å². The van der Waals surface area contributed by atoms with Crippen LogP contribution in [0.1, 0.15) is 11.1 Å². The number of hydrogen-bond donors (Lipinski definition) is 0. The van der Waals surface area contributed by atoms with Gasteiger partial charge in [0.05, 0.1) is 41.7 Å². The first-order valence-electron chi connectivity index (χ1n) is 10.5. The van der Waals surface area contributed by atoms with Crippen LogP contribution in [0.5, 0.6) is 0 Å². The van der Waals surface area contributed by atoms with Gasteiger partial charge in [0.25, 0.3) is 5.91 Å². The van der Waals surface area contributed by atoms with E-state index in [0.717, 1.165) is 15.9 Å². The summed E-state index contributed by atoms with van der Waals surface area (Å²) in [4.78, 5) is 43.6. The molecule has 2 aromatic rings. The average Bonchev–Trinajstić information content (AvgIpc) is 3.45. The van der Waals surface area contributed by atoms with E-state index in [1.807, 2.05) is 35.2 Å². The molecule has 174 valence electrons. The van der Waals surface area contributed by atoms with Crippen LogP contribution >= 0.6 is 11.8 Å². The van der Waals surface area contributed by atoms with E-state index in [1.165, 1.54) is 23.9 Å². The van der Waals surface area contributed by atoms with Crippen molar-refractivity contribution in [1.29, 1.82) is 5.26 Å². The molecule has 4 atom stereocenters. The van der Waals surface area contributed by atoms with Crippen LogP contribution in [-0.4, -0.2) is 64.7 Å². The lowest BCUT2D eigenvalue weighted by Gasteiger charge is -2.32. The summed E-state index contributed by atoms with van der Waals surface area (Å²) in [5, 5.41) is 9.04. The second-order valence-corrected chi connectivity index (χ2v) is 9.55. The number of urea groups is 1. The summed E-state index contributed by atoms with van der Waals surface area (Å²) < 4.78 is 40.0. The molecule has 3 heterocycles. The summed E-state index contributed by atoms with van der Waals surface area (Å²) in [5.41, 5.74) is -2.05. The van der Waals surface area contributed by atoms with Crippen LogP contribution in [0.4, 0.5) is 23.7 Å². The summed E-state index contributed by atoms with van der Waals surface area (Å²) in [6, 6.07) is 11.3. The van der Waals surface area contributed by atoms with Crippen LogP contribution in [0.2, 0.25) is 0 Å².